The van der Waals surface area contributed by atoms with Gasteiger partial charge in [0.2, 0.25) is 0 Å². The molecule has 2 atom stereocenters. The van der Waals surface area contributed by atoms with Gasteiger partial charge in [-0.05, 0) is 25.7 Å². The molecule has 0 aromatic carbocycles. The van der Waals surface area contributed by atoms with Gasteiger partial charge >= 0.3 is 0 Å². The predicted octanol–water partition coefficient (Wildman–Crippen LogP) is 2.79. The van der Waals surface area contributed by atoms with Crippen LogP contribution in [0, 0.1) is 74.4 Å². The van der Waals surface area contributed by atoms with Crippen molar-refractivity contribution in [2.24, 2.45) is 17.8 Å². The van der Waals surface area contributed by atoms with Gasteiger partial charge in [-0.15, -0.1) is 0 Å². The second-order valence-corrected chi connectivity index (χ2v) is 4.34. The van der Waals surface area contributed by atoms with Gasteiger partial charge in [0, 0.05) is 30.6 Å². The minimum atomic E-state index is -0.369. The van der Waals surface area contributed by atoms with Gasteiger partial charge in [-0.3, -0.25) is 0 Å². The zero-order valence-electron chi connectivity index (χ0n) is 10.7. The van der Waals surface area contributed by atoms with Crippen molar-refractivity contribution in [1.82, 2.24) is 0 Å². The Morgan fingerprint density at radius 3 is 1.21 bits per heavy atom. The molecule has 0 aliphatic carbocycles. The number of hydrogen-bond acceptors (Lipinski definition) is 5. The summed E-state index contributed by atoms with van der Waals surface area (Å²) in [6.45, 7) is 0. The molecule has 0 N–H and O–H groups in total. The average Bonchev–Trinajstić information content (AvgIpc) is 2.45. The van der Waals surface area contributed by atoms with Gasteiger partial charge in [-0.1, -0.05) is 0 Å². The molecule has 0 bridgehead atoms. The maximum atomic E-state index is 9.07. The lowest BCUT2D eigenvalue weighted by Gasteiger charge is -2.14. The van der Waals surface area contributed by atoms with E-state index in [4.69, 9.17) is 26.3 Å². The smallest absolute Gasteiger partial charge is 0.0656 e. The van der Waals surface area contributed by atoms with E-state index in [2.05, 4.69) is 18.2 Å². The number of nitrogens with zero attached hydrogens (tertiary/aromatic N) is 5. The second-order valence-electron chi connectivity index (χ2n) is 4.34. The summed E-state index contributed by atoms with van der Waals surface area (Å²) < 4.78 is 0. The molecule has 0 spiro atoms. The van der Waals surface area contributed by atoms with Crippen molar-refractivity contribution in [3.05, 3.63) is 0 Å². The lowest BCUT2D eigenvalue weighted by atomic mass is 9.85. The lowest BCUT2D eigenvalue weighted by molar-refractivity contribution is 0.406. The van der Waals surface area contributed by atoms with E-state index >= 15 is 0 Å². The summed E-state index contributed by atoms with van der Waals surface area (Å²) in [4.78, 5) is 0. The average molecular weight is 253 g/mol. The molecule has 0 radical (unpaired) electrons. The van der Waals surface area contributed by atoms with E-state index in [1.807, 2.05) is 12.1 Å². The van der Waals surface area contributed by atoms with Crippen LogP contribution >= 0.6 is 0 Å². The highest BCUT2D eigenvalue weighted by Gasteiger charge is 2.20. The van der Waals surface area contributed by atoms with E-state index in [-0.39, 0.29) is 17.8 Å². The molecular formula is C14H15N5. The molecule has 19 heavy (non-hydrogen) atoms. The monoisotopic (exact) mass is 253 g/mol. The van der Waals surface area contributed by atoms with Crippen LogP contribution in [-0.4, -0.2) is 0 Å². The van der Waals surface area contributed by atoms with Gasteiger partial charge in [0.1, 0.15) is 0 Å². The fourth-order valence-electron chi connectivity index (χ4n) is 1.84. The van der Waals surface area contributed by atoms with Crippen molar-refractivity contribution in [2.75, 3.05) is 0 Å². The first kappa shape index (κ1) is 16.4. The van der Waals surface area contributed by atoms with Crippen molar-refractivity contribution < 1.29 is 0 Å². The number of rotatable bonds is 8. The summed E-state index contributed by atoms with van der Waals surface area (Å²) in [5, 5.41) is 43.9. The fourth-order valence-corrected chi connectivity index (χ4v) is 1.84. The largest absolute Gasteiger partial charge is 0.198 e. The molecule has 0 aliphatic rings. The Bertz CT molecular complexity index is 425. The molecule has 0 fully saturated rings. The molecular weight excluding hydrogens is 238 g/mol. The molecule has 0 aromatic heterocycles. The molecule has 5 nitrogen and oxygen atoms in total. The van der Waals surface area contributed by atoms with Crippen LogP contribution < -0.4 is 0 Å². The summed E-state index contributed by atoms with van der Waals surface area (Å²) in [7, 11) is 0. The molecule has 0 rings (SSSR count). The molecule has 5 heteroatoms. The van der Waals surface area contributed by atoms with Gasteiger partial charge in [0.05, 0.1) is 30.3 Å². The zero-order valence-corrected chi connectivity index (χ0v) is 10.7. The van der Waals surface area contributed by atoms with Gasteiger partial charge in [0.15, 0.2) is 0 Å². The first-order chi connectivity index (χ1) is 9.21. The van der Waals surface area contributed by atoms with Crippen molar-refractivity contribution >= 4 is 0 Å². The number of nitriles is 5. The van der Waals surface area contributed by atoms with E-state index in [9.17, 15) is 0 Å². The lowest BCUT2D eigenvalue weighted by Crippen LogP contribution is -2.11. The van der Waals surface area contributed by atoms with Gasteiger partial charge < -0.3 is 0 Å². The van der Waals surface area contributed by atoms with E-state index in [1.54, 1.807) is 0 Å². The van der Waals surface area contributed by atoms with Crippen LogP contribution in [0.2, 0.25) is 0 Å². The maximum absolute atomic E-state index is 9.07. The van der Waals surface area contributed by atoms with Crippen molar-refractivity contribution in [1.29, 1.82) is 26.3 Å². The molecule has 96 valence electrons. The van der Waals surface area contributed by atoms with Crippen LogP contribution in [0.1, 0.15) is 38.5 Å². The third kappa shape index (κ3) is 7.39. The minimum absolute atomic E-state index is 0.298. The van der Waals surface area contributed by atoms with E-state index in [0.29, 0.717) is 38.5 Å². The maximum Gasteiger partial charge on any atom is 0.0656 e. The normalized spacial score (nSPS) is 13.6. The highest BCUT2D eigenvalue weighted by molar-refractivity contribution is 4.96. The SMILES string of the molecule is N#CCCC(C#N)CC(C#N)CC(C#N)CCC#N. The van der Waals surface area contributed by atoms with Gasteiger partial charge in [-0.25, -0.2) is 0 Å². The van der Waals surface area contributed by atoms with Crippen molar-refractivity contribution in [3.8, 4) is 30.3 Å². The van der Waals surface area contributed by atoms with E-state index < -0.39 is 0 Å². The standard InChI is InChI=1S/C14H15N5/c15-5-1-3-12(9-17)7-14(11-19)8-13(10-18)4-2-6-16/h12-14H,1-4,7-8H2. The summed E-state index contributed by atoms with van der Waals surface area (Å²) in [6, 6.07) is 10.3. The molecule has 0 saturated heterocycles. The second kappa shape index (κ2) is 10.6. The van der Waals surface area contributed by atoms with Crippen LogP contribution in [0.25, 0.3) is 0 Å². The predicted molar refractivity (Wildman–Crippen MR) is 66.2 cm³/mol. The first-order valence-corrected chi connectivity index (χ1v) is 6.14. The fraction of sp³-hybridized carbons (Fsp3) is 0.643. The van der Waals surface area contributed by atoms with Crippen LogP contribution in [0.5, 0.6) is 0 Å². The van der Waals surface area contributed by atoms with Crippen LogP contribution in [0.4, 0.5) is 0 Å². The quantitative estimate of drug-likeness (QED) is 0.658. The summed E-state index contributed by atoms with van der Waals surface area (Å²) in [5.74, 6) is -1.01. The minimum Gasteiger partial charge on any atom is -0.198 e. The van der Waals surface area contributed by atoms with Crippen molar-refractivity contribution in [2.45, 2.75) is 38.5 Å². The topological polar surface area (TPSA) is 119 Å². The van der Waals surface area contributed by atoms with Crippen molar-refractivity contribution in [3.63, 3.8) is 0 Å². The summed E-state index contributed by atoms with van der Waals surface area (Å²) >= 11 is 0. The molecule has 0 aromatic rings. The van der Waals surface area contributed by atoms with Gasteiger partial charge in [-0.2, -0.15) is 26.3 Å². The first-order valence-electron chi connectivity index (χ1n) is 6.14. The molecule has 0 saturated carbocycles. The Labute approximate surface area is 113 Å². The molecule has 0 heterocycles. The summed E-state index contributed by atoms with van der Waals surface area (Å²) in [5.41, 5.74) is 0. The van der Waals surface area contributed by atoms with Gasteiger partial charge in [0.25, 0.3) is 0 Å². The molecule has 0 amide bonds. The van der Waals surface area contributed by atoms with E-state index in [0.717, 1.165) is 0 Å². The highest BCUT2D eigenvalue weighted by atomic mass is 14.3. The highest BCUT2D eigenvalue weighted by Crippen LogP contribution is 2.24. The Hall–Kier alpha value is -2.55. The van der Waals surface area contributed by atoms with Crippen LogP contribution in [0.3, 0.4) is 0 Å². The Morgan fingerprint density at radius 2 is 0.947 bits per heavy atom. The Morgan fingerprint density at radius 1 is 0.579 bits per heavy atom. The zero-order chi connectivity index (χ0) is 14.5. The third-order valence-electron chi connectivity index (χ3n) is 2.89. The third-order valence-corrected chi connectivity index (χ3v) is 2.89. The van der Waals surface area contributed by atoms with Crippen LogP contribution in [0.15, 0.2) is 0 Å². The Kier molecular flexibility index (Phi) is 9.17. The molecule has 0 aliphatic heterocycles. The molecule has 2 unspecified atom stereocenters. The summed E-state index contributed by atoms with van der Waals surface area (Å²) in [6.07, 6.45) is 2.29. The number of hydrogen-bond donors (Lipinski definition) is 0. The Balaban J connectivity index is 4.39. The van der Waals surface area contributed by atoms with E-state index in [1.165, 1.54) is 0 Å². The van der Waals surface area contributed by atoms with Crippen LogP contribution in [-0.2, 0) is 0 Å².